The Morgan fingerprint density at radius 2 is 1.94 bits per heavy atom. The molecular weight excluding hydrogens is 248 g/mol. The highest BCUT2D eigenvalue weighted by Crippen LogP contribution is 2.06. The van der Waals surface area contributed by atoms with Crippen LogP contribution in [0.2, 0.25) is 0 Å². The standard InChI is InChI=1S/C14H18O3S/c1-2-18-14(16)10-13(15)8-9-17-11-12-6-4-3-5-7-12/h3-7H,2,8-11H2,1H3. The summed E-state index contributed by atoms with van der Waals surface area (Å²) < 4.78 is 5.39. The second-order valence-electron chi connectivity index (χ2n) is 3.81. The second kappa shape index (κ2) is 8.89. The Balaban J connectivity index is 2.11. The lowest BCUT2D eigenvalue weighted by Crippen LogP contribution is -2.08. The van der Waals surface area contributed by atoms with Crippen LogP contribution in [0.25, 0.3) is 0 Å². The molecule has 0 fully saturated rings. The van der Waals surface area contributed by atoms with Crippen molar-refractivity contribution in [3.05, 3.63) is 35.9 Å². The summed E-state index contributed by atoms with van der Waals surface area (Å²) in [5.41, 5.74) is 1.09. The molecule has 98 valence electrons. The van der Waals surface area contributed by atoms with E-state index in [1.807, 2.05) is 37.3 Å². The molecule has 0 aromatic heterocycles. The van der Waals surface area contributed by atoms with Crippen LogP contribution in [0, 0.1) is 0 Å². The van der Waals surface area contributed by atoms with E-state index in [1.165, 1.54) is 11.8 Å². The van der Waals surface area contributed by atoms with Crippen LogP contribution in [0.3, 0.4) is 0 Å². The molecule has 0 N–H and O–H groups in total. The third-order valence-corrected chi connectivity index (χ3v) is 3.04. The maximum Gasteiger partial charge on any atom is 0.196 e. The highest BCUT2D eigenvalue weighted by Gasteiger charge is 2.08. The molecule has 0 saturated carbocycles. The first-order valence-corrected chi connectivity index (χ1v) is 7.00. The van der Waals surface area contributed by atoms with Crippen LogP contribution in [0.4, 0.5) is 0 Å². The van der Waals surface area contributed by atoms with Gasteiger partial charge in [-0.1, -0.05) is 49.0 Å². The lowest BCUT2D eigenvalue weighted by molar-refractivity contribution is -0.124. The minimum absolute atomic E-state index is 0.0210. The first kappa shape index (κ1) is 14.9. The Hall–Kier alpha value is -1.13. The molecule has 0 atom stereocenters. The quantitative estimate of drug-likeness (QED) is 0.536. The summed E-state index contributed by atoms with van der Waals surface area (Å²) in [5.74, 6) is 0.672. The molecule has 1 aromatic rings. The van der Waals surface area contributed by atoms with Crippen molar-refractivity contribution in [3.63, 3.8) is 0 Å². The van der Waals surface area contributed by atoms with Crippen molar-refractivity contribution in [2.75, 3.05) is 12.4 Å². The molecule has 4 heteroatoms. The Kier molecular flexibility index (Phi) is 7.37. The van der Waals surface area contributed by atoms with Gasteiger partial charge in [-0.25, -0.2) is 0 Å². The average Bonchev–Trinajstić information content (AvgIpc) is 2.36. The van der Waals surface area contributed by atoms with E-state index in [0.717, 1.165) is 11.3 Å². The zero-order valence-electron chi connectivity index (χ0n) is 10.6. The number of carbonyl (C=O) groups is 2. The van der Waals surface area contributed by atoms with Crippen molar-refractivity contribution in [2.24, 2.45) is 0 Å². The topological polar surface area (TPSA) is 43.4 Å². The predicted molar refractivity (Wildman–Crippen MR) is 73.5 cm³/mol. The maximum absolute atomic E-state index is 11.4. The third-order valence-electron chi connectivity index (χ3n) is 2.28. The van der Waals surface area contributed by atoms with Crippen LogP contribution in [-0.2, 0) is 20.9 Å². The first-order chi connectivity index (χ1) is 8.72. The monoisotopic (exact) mass is 266 g/mol. The summed E-state index contributed by atoms with van der Waals surface area (Å²) in [7, 11) is 0. The zero-order valence-corrected chi connectivity index (χ0v) is 11.4. The molecule has 0 aliphatic heterocycles. The molecule has 0 saturated heterocycles. The van der Waals surface area contributed by atoms with Gasteiger partial charge >= 0.3 is 0 Å². The van der Waals surface area contributed by atoms with Crippen LogP contribution in [0.15, 0.2) is 30.3 Å². The van der Waals surface area contributed by atoms with E-state index in [1.54, 1.807) is 0 Å². The molecule has 1 aromatic carbocycles. The van der Waals surface area contributed by atoms with Gasteiger partial charge in [0, 0.05) is 6.42 Å². The first-order valence-electron chi connectivity index (χ1n) is 6.01. The van der Waals surface area contributed by atoms with Gasteiger partial charge < -0.3 is 4.74 Å². The molecule has 0 amide bonds. The van der Waals surface area contributed by atoms with Crippen LogP contribution >= 0.6 is 11.8 Å². The van der Waals surface area contributed by atoms with Crippen molar-refractivity contribution in [3.8, 4) is 0 Å². The van der Waals surface area contributed by atoms with Gasteiger partial charge in [-0.2, -0.15) is 0 Å². The number of hydrogen-bond acceptors (Lipinski definition) is 4. The summed E-state index contributed by atoms with van der Waals surface area (Å²) in [6.45, 7) is 2.78. The van der Waals surface area contributed by atoms with Crippen LogP contribution < -0.4 is 0 Å². The van der Waals surface area contributed by atoms with Gasteiger partial charge in [-0.15, -0.1) is 0 Å². The molecule has 0 aliphatic carbocycles. The summed E-state index contributed by atoms with van der Waals surface area (Å²) in [6, 6.07) is 9.80. The molecule has 0 unspecified atom stereocenters. The van der Waals surface area contributed by atoms with Crippen LogP contribution in [0.1, 0.15) is 25.3 Å². The molecule has 0 bridgehead atoms. The minimum atomic E-state index is -0.0504. The minimum Gasteiger partial charge on any atom is -0.376 e. The van der Waals surface area contributed by atoms with Gasteiger partial charge in [-0.05, 0) is 11.3 Å². The van der Waals surface area contributed by atoms with Crippen LogP contribution in [-0.4, -0.2) is 23.3 Å². The maximum atomic E-state index is 11.4. The molecule has 1 rings (SSSR count). The van der Waals surface area contributed by atoms with Crippen molar-refractivity contribution in [2.45, 2.75) is 26.4 Å². The van der Waals surface area contributed by atoms with Crippen molar-refractivity contribution in [1.29, 1.82) is 0 Å². The smallest absolute Gasteiger partial charge is 0.196 e. The van der Waals surface area contributed by atoms with E-state index < -0.39 is 0 Å². The number of Topliss-reactive ketones (excluding diaryl/α,β-unsaturated/α-hetero) is 1. The van der Waals surface area contributed by atoms with Gasteiger partial charge in [-0.3, -0.25) is 9.59 Å². The molecule has 0 spiro atoms. The second-order valence-corrected chi connectivity index (χ2v) is 5.13. The molecule has 0 aliphatic rings. The molecule has 0 heterocycles. The Morgan fingerprint density at radius 1 is 1.22 bits per heavy atom. The van der Waals surface area contributed by atoms with E-state index in [-0.39, 0.29) is 17.3 Å². The fraction of sp³-hybridized carbons (Fsp3) is 0.429. The highest BCUT2D eigenvalue weighted by atomic mass is 32.2. The number of benzene rings is 1. The SMILES string of the molecule is CCSC(=O)CC(=O)CCOCc1ccccc1. The normalized spacial score (nSPS) is 10.3. The van der Waals surface area contributed by atoms with Crippen molar-refractivity contribution in [1.82, 2.24) is 0 Å². The lowest BCUT2D eigenvalue weighted by Gasteiger charge is -2.03. The number of ketones is 1. The van der Waals surface area contributed by atoms with E-state index in [0.29, 0.717) is 19.6 Å². The Bertz CT molecular complexity index is 376. The zero-order chi connectivity index (χ0) is 13.2. The van der Waals surface area contributed by atoms with Gasteiger partial charge in [0.25, 0.3) is 0 Å². The number of ether oxygens (including phenoxy) is 1. The summed E-state index contributed by atoms with van der Waals surface area (Å²) >= 11 is 1.20. The molecular formula is C14H18O3S. The van der Waals surface area contributed by atoms with Gasteiger partial charge in [0.05, 0.1) is 19.6 Å². The van der Waals surface area contributed by atoms with E-state index in [4.69, 9.17) is 4.74 Å². The van der Waals surface area contributed by atoms with Gasteiger partial charge in [0.2, 0.25) is 0 Å². The largest absolute Gasteiger partial charge is 0.376 e. The predicted octanol–water partition coefficient (Wildman–Crippen LogP) is 2.83. The Morgan fingerprint density at radius 3 is 2.61 bits per heavy atom. The third kappa shape index (κ3) is 6.57. The van der Waals surface area contributed by atoms with Crippen molar-refractivity contribution < 1.29 is 14.3 Å². The summed E-state index contributed by atoms with van der Waals surface area (Å²) in [4.78, 5) is 22.6. The summed E-state index contributed by atoms with van der Waals surface area (Å²) in [5, 5.41) is -0.0504. The van der Waals surface area contributed by atoms with Crippen molar-refractivity contribution >= 4 is 22.7 Å². The van der Waals surface area contributed by atoms with E-state index >= 15 is 0 Å². The number of carbonyl (C=O) groups excluding carboxylic acids is 2. The van der Waals surface area contributed by atoms with Gasteiger partial charge in [0.15, 0.2) is 5.12 Å². The number of rotatable bonds is 8. The molecule has 18 heavy (non-hydrogen) atoms. The molecule has 0 radical (unpaired) electrons. The molecule has 3 nitrogen and oxygen atoms in total. The van der Waals surface area contributed by atoms with Crippen LogP contribution in [0.5, 0.6) is 0 Å². The van der Waals surface area contributed by atoms with E-state index in [2.05, 4.69) is 0 Å². The number of thioether (sulfide) groups is 1. The fourth-order valence-electron chi connectivity index (χ4n) is 1.41. The number of hydrogen-bond donors (Lipinski definition) is 0. The fourth-order valence-corrected chi connectivity index (χ4v) is 2.00. The van der Waals surface area contributed by atoms with Gasteiger partial charge in [0.1, 0.15) is 5.78 Å². The average molecular weight is 266 g/mol. The van der Waals surface area contributed by atoms with E-state index in [9.17, 15) is 9.59 Å². The summed E-state index contributed by atoms with van der Waals surface area (Å²) in [6.07, 6.45) is 0.329. The highest BCUT2D eigenvalue weighted by molar-refractivity contribution is 8.13. The Labute approximate surface area is 112 Å². The lowest BCUT2D eigenvalue weighted by atomic mass is 10.2.